The van der Waals surface area contributed by atoms with Crippen LogP contribution in [-0.4, -0.2) is 34.8 Å². The zero-order valence-corrected chi connectivity index (χ0v) is 10.8. The molecule has 2 rings (SSSR count). The maximum absolute atomic E-state index is 13.1. The molecule has 1 aliphatic heterocycles. The number of rotatable bonds is 2. The van der Waals surface area contributed by atoms with Crippen molar-refractivity contribution in [1.29, 1.82) is 0 Å². The Morgan fingerprint density at radius 3 is 3.00 bits per heavy atom. The van der Waals surface area contributed by atoms with Crippen molar-refractivity contribution in [2.75, 3.05) is 13.1 Å². The summed E-state index contributed by atoms with van der Waals surface area (Å²) in [7, 11) is 0. The fourth-order valence-corrected chi connectivity index (χ4v) is 2.33. The number of piperidine rings is 1. The molecular formula is C14H17FN2O2. The normalized spacial score (nSPS) is 21.7. The monoisotopic (exact) mass is 264 g/mol. The van der Waals surface area contributed by atoms with Gasteiger partial charge in [0.25, 0.3) is 0 Å². The van der Waals surface area contributed by atoms with Crippen molar-refractivity contribution in [1.82, 2.24) is 4.90 Å². The second-order valence-corrected chi connectivity index (χ2v) is 4.89. The van der Waals surface area contributed by atoms with Crippen molar-refractivity contribution < 1.29 is 14.4 Å². The zero-order chi connectivity index (χ0) is 13.8. The molecule has 1 heterocycles. The van der Waals surface area contributed by atoms with E-state index in [-0.39, 0.29) is 24.1 Å². The lowest BCUT2D eigenvalue weighted by atomic mass is 9.97. The van der Waals surface area contributed by atoms with E-state index in [1.54, 1.807) is 17.0 Å². The first kappa shape index (κ1) is 13.5. The first-order valence-corrected chi connectivity index (χ1v) is 6.33. The lowest BCUT2D eigenvalue weighted by Gasteiger charge is -2.31. The lowest BCUT2D eigenvalue weighted by Crippen LogP contribution is -2.43. The van der Waals surface area contributed by atoms with Crippen LogP contribution in [0.1, 0.15) is 18.9 Å². The summed E-state index contributed by atoms with van der Waals surface area (Å²) in [6.45, 7) is 3.03. The van der Waals surface area contributed by atoms with E-state index in [1.807, 2.05) is 6.92 Å². The quantitative estimate of drug-likeness (QED) is 0.656. The number of carbonyl (C=O) groups excluding carboxylic acids is 1. The number of likely N-dealkylation sites (tertiary alicyclic amines) is 1. The van der Waals surface area contributed by atoms with Crippen molar-refractivity contribution in [2.45, 2.75) is 19.8 Å². The number of amides is 1. The molecule has 5 heteroatoms. The SMILES string of the molecule is CC1CN(C(=O)Cc2cccc(F)c2)CC/C1=N\O. The first-order chi connectivity index (χ1) is 9.10. The van der Waals surface area contributed by atoms with Crippen LogP contribution in [0.5, 0.6) is 0 Å². The number of halogens is 1. The van der Waals surface area contributed by atoms with Crippen molar-refractivity contribution in [3.05, 3.63) is 35.6 Å². The molecule has 1 atom stereocenters. The predicted octanol–water partition coefficient (Wildman–Crippen LogP) is 2.07. The van der Waals surface area contributed by atoms with Crippen LogP contribution in [0, 0.1) is 11.7 Å². The number of oxime groups is 1. The van der Waals surface area contributed by atoms with Gasteiger partial charge in [-0.3, -0.25) is 4.79 Å². The molecule has 102 valence electrons. The Kier molecular flexibility index (Phi) is 4.14. The summed E-state index contributed by atoms with van der Waals surface area (Å²) in [5.41, 5.74) is 1.41. The summed E-state index contributed by atoms with van der Waals surface area (Å²) in [6, 6.07) is 6.09. The standard InChI is InChI=1S/C14H17FN2O2/c1-10-9-17(6-5-13(10)16-19)14(18)8-11-3-2-4-12(15)7-11/h2-4,7,10,19H,5-6,8-9H2,1H3/b16-13+. The fraction of sp³-hybridized carbons (Fsp3) is 0.429. The number of hydrogen-bond acceptors (Lipinski definition) is 3. The summed E-state index contributed by atoms with van der Waals surface area (Å²) >= 11 is 0. The molecule has 1 amide bonds. The molecule has 1 N–H and O–H groups in total. The number of benzene rings is 1. The highest BCUT2D eigenvalue weighted by Gasteiger charge is 2.25. The highest BCUT2D eigenvalue weighted by Crippen LogP contribution is 2.15. The minimum Gasteiger partial charge on any atom is -0.411 e. The second-order valence-electron chi connectivity index (χ2n) is 4.89. The molecule has 1 aliphatic rings. The zero-order valence-electron chi connectivity index (χ0n) is 10.8. The summed E-state index contributed by atoms with van der Waals surface area (Å²) in [5, 5.41) is 12.0. The summed E-state index contributed by atoms with van der Waals surface area (Å²) < 4.78 is 13.1. The molecule has 0 spiro atoms. The van der Waals surface area contributed by atoms with Crippen LogP contribution in [0.4, 0.5) is 4.39 Å². The number of nitrogens with zero attached hydrogens (tertiary/aromatic N) is 2. The average Bonchev–Trinajstić information content (AvgIpc) is 2.38. The van der Waals surface area contributed by atoms with E-state index in [4.69, 9.17) is 5.21 Å². The minimum absolute atomic E-state index is 0.0190. The molecule has 0 aromatic heterocycles. The third-order valence-electron chi connectivity index (χ3n) is 3.43. The Labute approximate surface area is 111 Å². The molecule has 4 nitrogen and oxygen atoms in total. The highest BCUT2D eigenvalue weighted by atomic mass is 19.1. The highest BCUT2D eigenvalue weighted by molar-refractivity contribution is 5.89. The Bertz CT molecular complexity index is 502. The maximum atomic E-state index is 13.1. The summed E-state index contributed by atoms with van der Waals surface area (Å²) in [6.07, 6.45) is 0.794. The molecule has 1 unspecified atom stereocenters. The number of hydrogen-bond donors (Lipinski definition) is 1. The largest absolute Gasteiger partial charge is 0.411 e. The molecule has 0 radical (unpaired) electrons. The molecule has 19 heavy (non-hydrogen) atoms. The third-order valence-corrected chi connectivity index (χ3v) is 3.43. The van der Waals surface area contributed by atoms with E-state index in [1.165, 1.54) is 12.1 Å². The van der Waals surface area contributed by atoms with Gasteiger partial charge in [0, 0.05) is 25.4 Å². The molecule has 1 aromatic rings. The van der Waals surface area contributed by atoms with E-state index >= 15 is 0 Å². The van der Waals surface area contributed by atoms with Crippen LogP contribution < -0.4 is 0 Å². The van der Waals surface area contributed by atoms with E-state index in [9.17, 15) is 9.18 Å². The molecule has 1 saturated heterocycles. The Morgan fingerprint density at radius 1 is 1.58 bits per heavy atom. The molecule has 1 fully saturated rings. The van der Waals surface area contributed by atoms with E-state index in [2.05, 4.69) is 5.16 Å². The average molecular weight is 264 g/mol. The van der Waals surface area contributed by atoms with Gasteiger partial charge in [-0.1, -0.05) is 24.2 Å². The van der Waals surface area contributed by atoms with Gasteiger partial charge in [0.15, 0.2) is 0 Å². The van der Waals surface area contributed by atoms with Gasteiger partial charge in [0.1, 0.15) is 5.82 Å². The number of carbonyl (C=O) groups is 1. The van der Waals surface area contributed by atoms with Crippen LogP contribution in [0.25, 0.3) is 0 Å². The van der Waals surface area contributed by atoms with Gasteiger partial charge in [0.2, 0.25) is 5.91 Å². The van der Waals surface area contributed by atoms with Gasteiger partial charge in [-0.05, 0) is 17.7 Å². The smallest absolute Gasteiger partial charge is 0.227 e. The Morgan fingerprint density at radius 2 is 2.37 bits per heavy atom. The van der Waals surface area contributed by atoms with Crippen LogP contribution in [0.3, 0.4) is 0 Å². The first-order valence-electron chi connectivity index (χ1n) is 6.33. The van der Waals surface area contributed by atoms with E-state index in [0.29, 0.717) is 25.1 Å². The van der Waals surface area contributed by atoms with Crippen LogP contribution in [0.2, 0.25) is 0 Å². The van der Waals surface area contributed by atoms with Gasteiger partial charge in [0.05, 0.1) is 12.1 Å². The fourth-order valence-electron chi connectivity index (χ4n) is 2.33. The molecular weight excluding hydrogens is 247 g/mol. The lowest BCUT2D eigenvalue weighted by molar-refractivity contribution is -0.131. The second kappa shape index (κ2) is 5.82. The van der Waals surface area contributed by atoms with Crippen LogP contribution in [0.15, 0.2) is 29.4 Å². The van der Waals surface area contributed by atoms with Gasteiger partial charge >= 0.3 is 0 Å². The topological polar surface area (TPSA) is 52.9 Å². The summed E-state index contributed by atoms with van der Waals surface area (Å²) in [4.78, 5) is 13.9. The Hall–Kier alpha value is -1.91. The van der Waals surface area contributed by atoms with E-state index in [0.717, 1.165) is 5.71 Å². The van der Waals surface area contributed by atoms with Gasteiger partial charge < -0.3 is 10.1 Å². The Balaban J connectivity index is 1.98. The molecule has 0 saturated carbocycles. The molecule has 0 bridgehead atoms. The maximum Gasteiger partial charge on any atom is 0.227 e. The van der Waals surface area contributed by atoms with Crippen molar-refractivity contribution in [3.8, 4) is 0 Å². The predicted molar refractivity (Wildman–Crippen MR) is 69.7 cm³/mol. The van der Waals surface area contributed by atoms with E-state index < -0.39 is 0 Å². The van der Waals surface area contributed by atoms with Gasteiger partial charge in [-0.15, -0.1) is 0 Å². The van der Waals surface area contributed by atoms with Crippen molar-refractivity contribution in [3.63, 3.8) is 0 Å². The van der Waals surface area contributed by atoms with Crippen molar-refractivity contribution in [2.24, 2.45) is 11.1 Å². The summed E-state index contributed by atoms with van der Waals surface area (Å²) in [5.74, 6) is -0.281. The van der Waals surface area contributed by atoms with Crippen molar-refractivity contribution >= 4 is 11.6 Å². The van der Waals surface area contributed by atoms with Crippen LogP contribution in [-0.2, 0) is 11.2 Å². The van der Waals surface area contributed by atoms with Gasteiger partial charge in [-0.25, -0.2) is 4.39 Å². The van der Waals surface area contributed by atoms with Crippen LogP contribution >= 0.6 is 0 Å². The third kappa shape index (κ3) is 3.30. The minimum atomic E-state index is -0.327. The molecule has 1 aromatic carbocycles. The molecule has 0 aliphatic carbocycles. The van der Waals surface area contributed by atoms with Gasteiger partial charge in [-0.2, -0.15) is 0 Å².